The van der Waals surface area contributed by atoms with Gasteiger partial charge in [0, 0.05) is 12.0 Å². The van der Waals surface area contributed by atoms with Gasteiger partial charge in [-0.2, -0.15) is 0 Å². The summed E-state index contributed by atoms with van der Waals surface area (Å²) in [5, 5.41) is 12.7. The van der Waals surface area contributed by atoms with E-state index < -0.39 is 0 Å². The van der Waals surface area contributed by atoms with Crippen LogP contribution in [-0.4, -0.2) is 24.3 Å². The first-order chi connectivity index (χ1) is 7.31. The molecule has 0 aliphatic carbocycles. The van der Waals surface area contributed by atoms with Crippen LogP contribution in [0.1, 0.15) is 29.9 Å². The molecule has 2 heteroatoms. The second-order valence-corrected chi connectivity index (χ2v) is 4.41. The minimum atomic E-state index is 0.235. The molecule has 0 amide bonds. The number of hydrogen-bond acceptors (Lipinski definition) is 2. The summed E-state index contributed by atoms with van der Waals surface area (Å²) in [4.78, 5) is 0. The SMILES string of the molecule is Cc1cccc(C2CCCNC2CO)c1. The molecule has 2 N–H and O–H groups in total. The van der Waals surface area contributed by atoms with Crippen molar-refractivity contribution in [3.05, 3.63) is 35.4 Å². The molecule has 1 aromatic rings. The molecule has 1 saturated heterocycles. The lowest BCUT2D eigenvalue weighted by atomic mass is 9.84. The van der Waals surface area contributed by atoms with Gasteiger partial charge in [0.2, 0.25) is 0 Å². The maximum Gasteiger partial charge on any atom is 0.0590 e. The number of benzene rings is 1. The van der Waals surface area contributed by atoms with Gasteiger partial charge < -0.3 is 10.4 Å². The molecule has 0 aromatic heterocycles. The van der Waals surface area contributed by atoms with Crippen LogP contribution in [0, 0.1) is 6.92 Å². The van der Waals surface area contributed by atoms with Gasteiger partial charge in [0.25, 0.3) is 0 Å². The van der Waals surface area contributed by atoms with Crippen LogP contribution in [0.4, 0.5) is 0 Å². The Balaban J connectivity index is 2.20. The van der Waals surface area contributed by atoms with Crippen LogP contribution in [0.15, 0.2) is 24.3 Å². The summed E-state index contributed by atoms with van der Waals surface area (Å²) in [6, 6.07) is 8.87. The van der Waals surface area contributed by atoms with Crippen molar-refractivity contribution in [2.75, 3.05) is 13.2 Å². The molecular weight excluding hydrogens is 186 g/mol. The van der Waals surface area contributed by atoms with Crippen molar-refractivity contribution < 1.29 is 5.11 Å². The van der Waals surface area contributed by atoms with Crippen LogP contribution < -0.4 is 5.32 Å². The van der Waals surface area contributed by atoms with Gasteiger partial charge >= 0.3 is 0 Å². The molecule has 1 aliphatic rings. The highest BCUT2D eigenvalue weighted by molar-refractivity contribution is 5.27. The number of piperidine rings is 1. The molecule has 1 fully saturated rings. The van der Waals surface area contributed by atoms with Crippen molar-refractivity contribution in [2.24, 2.45) is 0 Å². The van der Waals surface area contributed by atoms with Crippen molar-refractivity contribution >= 4 is 0 Å². The third-order valence-electron chi connectivity index (χ3n) is 3.25. The Bertz CT molecular complexity index is 324. The molecule has 2 unspecified atom stereocenters. The van der Waals surface area contributed by atoms with Crippen molar-refractivity contribution in [1.29, 1.82) is 0 Å². The van der Waals surface area contributed by atoms with E-state index in [0.29, 0.717) is 5.92 Å². The number of hydrogen-bond donors (Lipinski definition) is 2. The molecule has 2 rings (SSSR count). The Morgan fingerprint density at radius 2 is 2.33 bits per heavy atom. The lowest BCUT2D eigenvalue weighted by Gasteiger charge is -2.31. The minimum absolute atomic E-state index is 0.235. The van der Waals surface area contributed by atoms with Crippen LogP contribution in [-0.2, 0) is 0 Å². The first-order valence-electron chi connectivity index (χ1n) is 5.72. The van der Waals surface area contributed by atoms with Gasteiger partial charge in [-0.3, -0.25) is 0 Å². The van der Waals surface area contributed by atoms with E-state index in [0.717, 1.165) is 6.54 Å². The third kappa shape index (κ3) is 2.39. The Hall–Kier alpha value is -0.860. The quantitative estimate of drug-likeness (QED) is 0.772. The second-order valence-electron chi connectivity index (χ2n) is 4.41. The first kappa shape index (κ1) is 10.7. The van der Waals surface area contributed by atoms with Crippen molar-refractivity contribution in [3.8, 4) is 0 Å². The van der Waals surface area contributed by atoms with Crippen LogP contribution in [0.25, 0.3) is 0 Å². The normalized spacial score (nSPS) is 26.5. The zero-order valence-corrected chi connectivity index (χ0v) is 9.24. The van der Waals surface area contributed by atoms with Gasteiger partial charge in [0.15, 0.2) is 0 Å². The predicted octanol–water partition coefficient (Wildman–Crippen LogP) is 1.82. The van der Waals surface area contributed by atoms with Crippen molar-refractivity contribution in [2.45, 2.75) is 31.7 Å². The summed E-state index contributed by atoms with van der Waals surface area (Å²) in [7, 11) is 0. The summed E-state index contributed by atoms with van der Waals surface area (Å²) >= 11 is 0. The molecule has 1 heterocycles. The predicted molar refractivity (Wildman–Crippen MR) is 62.0 cm³/mol. The average molecular weight is 205 g/mol. The maximum atomic E-state index is 9.33. The third-order valence-corrected chi connectivity index (χ3v) is 3.25. The molecule has 0 spiro atoms. The van der Waals surface area contributed by atoms with E-state index in [-0.39, 0.29) is 12.6 Å². The molecule has 0 bridgehead atoms. The van der Waals surface area contributed by atoms with Gasteiger partial charge in [-0.1, -0.05) is 29.8 Å². The highest BCUT2D eigenvalue weighted by Gasteiger charge is 2.25. The number of rotatable bonds is 2. The van der Waals surface area contributed by atoms with Gasteiger partial charge in [-0.05, 0) is 31.9 Å². The lowest BCUT2D eigenvalue weighted by molar-refractivity contribution is 0.202. The fraction of sp³-hybridized carbons (Fsp3) is 0.538. The molecule has 2 nitrogen and oxygen atoms in total. The largest absolute Gasteiger partial charge is 0.395 e. The van der Waals surface area contributed by atoms with Crippen LogP contribution in [0.3, 0.4) is 0 Å². The summed E-state index contributed by atoms with van der Waals surface area (Å²) in [5.41, 5.74) is 2.66. The van der Waals surface area contributed by atoms with Crippen LogP contribution in [0.2, 0.25) is 0 Å². The number of aliphatic hydroxyl groups excluding tert-OH is 1. The summed E-state index contributed by atoms with van der Waals surface area (Å²) in [6.07, 6.45) is 2.39. The van der Waals surface area contributed by atoms with Crippen LogP contribution in [0.5, 0.6) is 0 Å². The smallest absolute Gasteiger partial charge is 0.0590 e. The Morgan fingerprint density at radius 3 is 3.07 bits per heavy atom. The van der Waals surface area contributed by atoms with Crippen LogP contribution >= 0.6 is 0 Å². The monoisotopic (exact) mass is 205 g/mol. The molecular formula is C13H19NO. The molecule has 1 aromatic carbocycles. The molecule has 0 radical (unpaired) electrons. The fourth-order valence-electron chi connectivity index (χ4n) is 2.44. The summed E-state index contributed by atoms with van der Waals surface area (Å²) < 4.78 is 0. The number of aliphatic hydroxyl groups is 1. The molecule has 82 valence electrons. The van der Waals surface area contributed by atoms with E-state index in [4.69, 9.17) is 0 Å². The number of aryl methyl sites for hydroxylation is 1. The van der Waals surface area contributed by atoms with Gasteiger partial charge in [-0.15, -0.1) is 0 Å². The Labute approximate surface area is 91.3 Å². The highest BCUT2D eigenvalue weighted by Crippen LogP contribution is 2.28. The zero-order valence-electron chi connectivity index (χ0n) is 9.24. The van der Waals surface area contributed by atoms with E-state index in [9.17, 15) is 5.11 Å². The second kappa shape index (κ2) is 4.77. The van der Waals surface area contributed by atoms with E-state index in [1.165, 1.54) is 24.0 Å². The van der Waals surface area contributed by atoms with E-state index in [2.05, 4.69) is 36.5 Å². The summed E-state index contributed by atoms with van der Waals surface area (Å²) in [6.45, 7) is 3.39. The van der Waals surface area contributed by atoms with E-state index in [1.54, 1.807) is 0 Å². The van der Waals surface area contributed by atoms with E-state index >= 15 is 0 Å². The minimum Gasteiger partial charge on any atom is -0.395 e. The molecule has 15 heavy (non-hydrogen) atoms. The fourth-order valence-corrected chi connectivity index (χ4v) is 2.44. The highest BCUT2D eigenvalue weighted by atomic mass is 16.3. The first-order valence-corrected chi connectivity index (χ1v) is 5.72. The Morgan fingerprint density at radius 1 is 1.47 bits per heavy atom. The number of nitrogens with one attached hydrogen (secondary N) is 1. The standard InChI is InChI=1S/C13H19NO/c1-10-4-2-5-11(8-10)12-6-3-7-14-13(12)9-15/h2,4-5,8,12-15H,3,6-7,9H2,1H3. The molecule has 0 saturated carbocycles. The van der Waals surface area contributed by atoms with Crippen molar-refractivity contribution in [1.82, 2.24) is 5.32 Å². The van der Waals surface area contributed by atoms with Gasteiger partial charge in [-0.25, -0.2) is 0 Å². The summed E-state index contributed by atoms with van der Waals surface area (Å²) in [5.74, 6) is 0.476. The topological polar surface area (TPSA) is 32.3 Å². The van der Waals surface area contributed by atoms with Crippen molar-refractivity contribution in [3.63, 3.8) is 0 Å². The molecule has 2 atom stereocenters. The maximum absolute atomic E-state index is 9.33. The van der Waals surface area contributed by atoms with E-state index in [1.807, 2.05) is 0 Å². The zero-order chi connectivity index (χ0) is 10.7. The average Bonchev–Trinajstić information content (AvgIpc) is 2.29. The van der Waals surface area contributed by atoms with Gasteiger partial charge in [0.05, 0.1) is 6.61 Å². The van der Waals surface area contributed by atoms with Gasteiger partial charge in [0.1, 0.15) is 0 Å². The molecule has 1 aliphatic heterocycles. The lowest BCUT2D eigenvalue weighted by Crippen LogP contribution is -2.42. The Kier molecular flexibility index (Phi) is 3.39.